The van der Waals surface area contributed by atoms with Crippen LogP contribution in [0.1, 0.15) is 23.4 Å². The second kappa shape index (κ2) is 7.30. The number of piperidine rings is 1. The van der Waals surface area contributed by atoms with Crippen LogP contribution >= 0.6 is 0 Å². The molecule has 0 bridgehead atoms. The van der Waals surface area contributed by atoms with Crippen molar-refractivity contribution >= 4 is 27.6 Å². The van der Waals surface area contributed by atoms with E-state index in [0.29, 0.717) is 18.5 Å². The van der Waals surface area contributed by atoms with E-state index < -0.39 is 26.8 Å². The van der Waals surface area contributed by atoms with Gasteiger partial charge in [-0.05, 0) is 37.1 Å². The number of carboxylic acid groups (broad SMARTS) is 1. The molecule has 2 N–H and O–H groups in total. The number of hydrogen-bond acceptors (Lipinski definition) is 5. The lowest BCUT2D eigenvalue weighted by Gasteiger charge is -2.29. The normalized spacial score (nSPS) is 16.3. The number of benzene rings is 1. The maximum Gasteiger partial charge on any atom is 0.371 e. The molecule has 26 heavy (non-hydrogen) atoms. The lowest BCUT2D eigenvalue weighted by molar-refractivity contribution is -0.120. The summed E-state index contributed by atoms with van der Waals surface area (Å²) in [5, 5.41) is 11.3. The van der Waals surface area contributed by atoms with Gasteiger partial charge >= 0.3 is 5.97 Å². The zero-order valence-electron chi connectivity index (χ0n) is 13.8. The highest BCUT2D eigenvalue weighted by atomic mass is 32.2. The minimum Gasteiger partial charge on any atom is -0.475 e. The summed E-state index contributed by atoms with van der Waals surface area (Å²) in [5.74, 6) is -2.18. The van der Waals surface area contributed by atoms with Crippen LogP contribution in [0.3, 0.4) is 0 Å². The zero-order valence-corrected chi connectivity index (χ0v) is 14.6. The first-order valence-corrected chi connectivity index (χ1v) is 9.51. The van der Waals surface area contributed by atoms with E-state index in [1.807, 2.05) is 18.2 Å². The van der Waals surface area contributed by atoms with Gasteiger partial charge in [-0.25, -0.2) is 13.2 Å². The topological polar surface area (TPSA) is 117 Å². The zero-order chi connectivity index (χ0) is 18.7. The average molecular weight is 378 g/mol. The van der Waals surface area contributed by atoms with Crippen LogP contribution < -0.4 is 5.32 Å². The Morgan fingerprint density at radius 2 is 1.73 bits per heavy atom. The Hall–Kier alpha value is -2.65. The summed E-state index contributed by atoms with van der Waals surface area (Å²) >= 11 is 0. The van der Waals surface area contributed by atoms with Crippen LogP contribution in [-0.2, 0) is 14.8 Å². The molecular formula is C17H18N2O6S. The molecule has 1 aromatic carbocycles. The minimum atomic E-state index is -3.91. The highest BCUT2D eigenvalue weighted by molar-refractivity contribution is 7.89. The number of amides is 1. The summed E-state index contributed by atoms with van der Waals surface area (Å²) < 4.78 is 31.2. The van der Waals surface area contributed by atoms with Gasteiger partial charge in [0.1, 0.15) is 0 Å². The lowest BCUT2D eigenvalue weighted by Crippen LogP contribution is -2.41. The largest absolute Gasteiger partial charge is 0.475 e. The van der Waals surface area contributed by atoms with Crippen molar-refractivity contribution in [1.29, 1.82) is 0 Å². The standard InChI is InChI=1S/C17H18N2O6S/c20-16(18-13-4-2-1-3-5-13)12-8-10-19(11-9-12)26(23,24)15-7-6-14(25-15)17(21)22/h1-7,12H,8-11H2,(H,18,20)(H,21,22). The van der Waals surface area contributed by atoms with Crippen molar-refractivity contribution in [3.8, 4) is 0 Å². The van der Waals surface area contributed by atoms with Crippen LogP contribution in [0.2, 0.25) is 0 Å². The van der Waals surface area contributed by atoms with Gasteiger partial charge in [0.2, 0.25) is 16.8 Å². The number of nitrogens with one attached hydrogen (secondary N) is 1. The van der Waals surface area contributed by atoms with Crippen LogP contribution in [0.5, 0.6) is 0 Å². The van der Waals surface area contributed by atoms with E-state index in [2.05, 4.69) is 5.32 Å². The Kier molecular flexibility index (Phi) is 5.10. The second-order valence-corrected chi connectivity index (χ2v) is 7.83. The van der Waals surface area contributed by atoms with Crippen LogP contribution in [0.25, 0.3) is 0 Å². The number of furan rings is 1. The molecule has 1 aliphatic rings. The van der Waals surface area contributed by atoms with Gasteiger partial charge in [0.15, 0.2) is 0 Å². The van der Waals surface area contributed by atoms with Crippen LogP contribution in [0.15, 0.2) is 52.0 Å². The first kappa shape index (κ1) is 18.2. The third-order valence-electron chi connectivity index (χ3n) is 4.25. The Morgan fingerprint density at radius 3 is 2.31 bits per heavy atom. The molecule has 2 aromatic rings. The highest BCUT2D eigenvalue weighted by Gasteiger charge is 2.34. The molecule has 1 amide bonds. The van der Waals surface area contributed by atoms with E-state index in [4.69, 9.17) is 9.52 Å². The fourth-order valence-corrected chi connectivity index (χ4v) is 4.21. The number of rotatable bonds is 5. The third kappa shape index (κ3) is 3.78. The Balaban J connectivity index is 1.62. The smallest absolute Gasteiger partial charge is 0.371 e. The molecule has 138 valence electrons. The number of nitrogens with zero attached hydrogens (tertiary/aromatic N) is 1. The number of sulfonamides is 1. The third-order valence-corrected chi connectivity index (χ3v) is 6.03. The summed E-state index contributed by atoms with van der Waals surface area (Å²) in [6.07, 6.45) is 0.759. The molecule has 9 heteroatoms. The van der Waals surface area contributed by atoms with Crippen molar-refractivity contribution in [1.82, 2.24) is 4.31 Å². The van der Waals surface area contributed by atoms with Crippen molar-refractivity contribution in [2.45, 2.75) is 17.9 Å². The number of anilines is 1. The summed E-state index contributed by atoms with van der Waals surface area (Å²) in [7, 11) is -3.91. The molecule has 0 radical (unpaired) electrons. The summed E-state index contributed by atoms with van der Waals surface area (Å²) in [6, 6.07) is 11.3. The van der Waals surface area contributed by atoms with E-state index in [1.165, 1.54) is 4.31 Å². The van der Waals surface area contributed by atoms with Crippen molar-refractivity contribution < 1.29 is 27.5 Å². The van der Waals surface area contributed by atoms with E-state index in [0.717, 1.165) is 12.1 Å². The molecule has 0 unspecified atom stereocenters. The number of hydrogen-bond donors (Lipinski definition) is 2. The van der Waals surface area contributed by atoms with Crippen molar-refractivity contribution in [2.24, 2.45) is 5.92 Å². The molecule has 8 nitrogen and oxygen atoms in total. The molecule has 1 fully saturated rings. The van der Waals surface area contributed by atoms with Gasteiger partial charge in [-0.1, -0.05) is 18.2 Å². The molecule has 3 rings (SSSR count). The van der Waals surface area contributed by atoms with Gasteiger partial charge < -0.3 is 14.8 Å². The number of aromatic carboxylic acids is 1. The van der Waals surface area contributed by atoms with Gasteiger partial charge in [-0.2, -0.15) is 4.31 Å². The number of carbonyl (C=O) groups excluding carboxylic acids is 1. The summed E-state index contributed by atoms with van der Waals surface area (Å²) in [4.78, 5) is 23.1. The minimum absolute atomic E-state index is 0.139. The number of carbonyl (C=O) groups is 2. The second-order valence-electron chi connectivity index (χ2n) is 5.96. The van der Waals surface area contributed by atoms with Crippen molar-refractivity contribution in [3.05, 3.63) is 48.2 Å². The number of carboxylic acids is 1. The number of para-hydroxylation sites is 1. The Labute approximate surface area is 150 Å². The fraction of sp³-hybridized carbons (Fsp3) is 0.294. The monoisotopic (exact) mass is 378 g/mol. The molecule has 0 aliphatic carbocycles. The molecule has 0 atom stereocenters. The first-order chi connectivity index (χ1) is 12.4. The van der Waals surface area contributed by atoms with E-state index in [-0.39, 0.29) is 24.9 Å². The first-order valence-electron chi connectivity index (χ1n) is 8.07. The molecule has 2 heterocycles. The van der Waals surface area contributed by atoms with Crippen LogP contribution in [-0.4, -0.2) is 42.8 Å². The highest BCUT2D eigenvalue weighted by Crippen LogP contribution is 2.26. The Bertz CT molecular complexity index is 898. The van der Waals surface area contributed by atoms with Crippen LogP contribution in [0.4, 0.5) is 5.69 Å². The maximum absolute atomic E-state index is 12.5. The summed E-state index contributed by atoms with van der Waals surface area (Å²) in [5.41, 5.74) is 0.698. The van der Waals surface area contributed by atoms with E-state index >= 15 is 0 Å². The average Bonchev–Trinajstić information content (AvgIpc) is 3.14. The summed E-state index contributed by atoms with van der Waals surface area (Å²) in [6.45, 7) is 0.330. The SMILES string of the molecule is O=C(O)c1ccc(S(=O)(=O)N2CCC(C(=O)Nc3ccccc3)CC2)o1. The quantitative estimate of drug-likeness (QED) is 0.822. The van der Waals surface area contributed by atoms with Gasteiger partial charge in [-0.3, -0.25) is 4.79 Å². The fourth-order valence-electron chi connectivity index (χ4n) is 2.83. The molecule has 0 spiro atoms. The van der Waals surface area contributed by atoms with Crippen molar-refractivity contribution in [2.75, 3.05) is 18.4 Å². The van der Waals surface area contributed by atoms with Gasteiger partial charge in [0.25, 0.3) is 10.0 Å². The van der Waals surface area contributed by atoms with Gasteiger partial charge in [0.05, 0.1) is 0 Å². The molecule has 1 aliphatic heterocycles. The molecule has 1 aromatic heterocycles. The predicted octanol–water partition coefficient (Wildman–Crippen LogP) is 2.02. The van der Waals surface area contributed by atoms with E-state index in [9.17, 15) is 18.0 Å². The molecule has 0 saturated carbocycles. The predicted molar refractivity (Wildman–Crippen MR) is 92.2 cm³/mol. The van der Waals surface area contributed by atoms with Gasteiger partial charge in [-0.15, -0.1) is 0 Å². The molecular weight excluding hydrogens is 360 g/mol. The Morgan fingerprint density at radius 1 is 1.08 bits per heavy atom. The molecule has 1 saturated heterocycles. The van der Waals surface area contributed by atoms with Gasteiger partial charge in [0, 0.05) is 24.7 Å². The van der Waals surface area contributed by atoms with E-state index in [1.54, 1.807) is 12.1 Å². The maximum atomic E-state index is 12.5. The van der Waals surface area contributed by atoms with Crippen LogP contribution in [0, 0.1) is 5.92 Å². The lowest BCUT2D eigenvalue weighted by atomic mass is 9.97. The van der Waals surface area contributed by atoms with Crippen molar-refractivity contribution in [3.63, 3.8) is 0 Å².